The van der Waals surface area contributed by atoms with Crippen LogP contribution in [0.3, 0.4) is 0 Å². The summed E-state index contributed by atoms with van der Waals surface area (Å²) in [5, 5.41) is 8.42. The van der Waals surface area contributed by atoms with Crippen LogP contribution >= 0.6 is 11.5 Å². The van der Waals surface area contributed by atoms with Gasteiger partial charge in [-0.2, -0.15) is 14.5 Å². The summed E-state index contributed by atoms with van der Waals surface area (Å²) in [5.74, 6) is 1.41. The Bertz CT molecular complexity index is 754. The summed E-state index contributed by atoms with van der Waals surface area (Å²) >= 11 is 1.26. The number of hydrogen-bond donors (Lipinski definition) is 0. The Morgan fingerprint density at radius 2 is 2.33 bits per heavy atom. The monoisotopic (exact) mass is 305 g/mol. The van der Waals surface area contributed by atoms with Crippen LogP contribution in [-0.4, -0.2) is 38.0 Å². The molecule has 0 saturated heterocycles. The van der Waals surface area contributed by atoms with Crippen molar-refractivity contribution >= 4 is 11.5 Å². The largest absolute Gasteiger partial charge is 0.480 e. The zero-order valence-electron chi connectivity index (χ0n) is 11.1. The highest BCUT2D eigenvalue weighted by Gasteiger charge is 2.19. The highest BCUT2D eigenvalue weighted by molar-refractivity contribution is 7.09. The molecule has 108 valence electrons. The van der Waals surface area contributed by atoms with Crippen LogP contribution in [0.15, 0.2) is 16.7 Å². The first-order chi connectivity index (χ1) is 10.3. The fourth-order valence-electron chi connectivity index (χ4n) is 2.09. The lowest BCUT2D eigenvalue weighted by molar-refractivity contribution is 0.0801. The number of aromatic nitrogens is 5. The third-order valence-corrected chi connectivity index (χ3v) is 3.89. The predicted octanol–water partition coefficient (Wildman–Crippen LogP) is 1.60. The molecule has 0 radical (unpaired) electrons. The fraction of sp³-hybridized carbons (Fsp3) is 0.333. The molecule has 0 N–H and O–H groups in total. The van der Waals surface area contributed by atoms with E-state index in [2.05, 4.69) is 19.6 Å². The van der Waals surface area contributed by atoms with Gasteiger partial charge in [0.25, 0.3) is 5.89 Å². The summed E-state index contributed by atoms with van der Waals surface area (Å²) in [6.45, 7) is 1.96. The second-order valence-corrected chi connectivity index (χ2v) is 5.26. The molecule has 3 aromatic rings. The SMILES string of the molecule is COc1cc(-c2noc(-c3cc4n(n3)CCOC4)n2)sn1. The van der Waals surface area contributed by atoms with Gasteiger partial charge in [0.2, 0.25) is 11.7 Å². The highest BCUT2D eigenvalue weighted by Crippen LogP contribution is 2.28. The first kappa shape index (κ1) is 12.5. The number of hydrogen-bond acceptors (Lipinski definition) is 8. The van der Waals surface area contributed by atoms with Crippen molar-refractivity contribution < 1.29 is 14.0 Å². The van der Waals surface area contributed by atoms with Crippen LogP contribution in [0.1, 0.15) is 5.69 Å². The van der Waals surface area contributed by atoms with Gasteiger partial charge in [0.05, 0.1) is 37.4 Å². The summed E-state index contributed by atoms with van der Waals surface area (Å²) in [5.41, 5.74) is 1.67. The van der Waals surface area contributed by atoms with Crippen molar-refractivity contribution in [2.24, 2.45) is 0 Å². The molecular weight excluding hydrogens is 294 g/mol. The number of methoxy groups -OCH3 is 1. The molecular formula is C12H11N5O3S. The summed E-state index contributed by atoms with van der Waals surface area (Å²) in [7, 11) is 1.57. The van der Waals surface area contributed by atoms with E-state index in [1.807, 2.05) is 10.7 Å². The normalized spacial score (nSPS) is 14.1. The van der Waals surface area contributed by atoms with Gasteiger partial charge in [-0.3, -0.25) is 4.68 Å². The Balaban J connectivity index is 1.66. The molecule has 0 aliphatic carbocycles. The average molecular weight is 305 g/mol. The third-order valence-electron chi connectivity index (χ3n) is 3.12. The van der Waals surface area contributed by atoms with Gasteiger partial charge in [-0.15, -0.1) is 0 Å². The second-order valence-electron chi connectivity index (χ2n) is 4.45. The summed E-state index contributed by atoms with van der Waals surface area (Å²) in [4.78, 5) is 5.15. The summed E-state index contributed by atoms with van der Waals surface area (Å²) < 4.78 is 21.7. The molecule has 4 rings (SSSR count). The first-order valence-electron chi connectivity index (χ1n) is 6.33. The minimum Gasteiger partial charge on any atom is -0.480 e. The lowest BCUT2D eigenvalue weighted by Gasteiger charge is -2.12. The Labute approximate surface area is 123 Å². The molecule has 1 aliphatic heterocycles. The highest BCUT2D eigenvalue weighted by atomic mass is 32.1. The maximum absolute atomic E-state index is 5.39. The van der Waals surface area contributed by atoms with Crippen LogP contribution in [0.2, 0.25) is 0 Å². The number of nitrogens with zero attached hydrogens (tertiary/aromatic N) is 5. The molecule has 0 aromatic carbocycles. The quantitative estimate of drug-likeness (QED) is 0.726. The summed E-state index contributed by atoms with van der Waals surface area (Å²) in [6.07, 6.45) is 0. The molecule has 0 unspecified atom stereocenters. The van der Waals surface area contributed by atoms with Gasteiger partial charge < -0.3 is 14.0 Å². The molecule has 4 heterocycles. The van der Waals surface area contributed by atoms with Crippen LogP contribution in [0, 0.1) is 0 Å². The zero-order chi connectivity index (χ0) is 14.2. The molecule has 0 saturated carbocycles. The van der Waals surface area contributed by atoms with E-state index in [1.165, 1.54) is 11.5 Å². The van der Waals surface area contributed by atoms with Crippen molar-refractivity contribution in [1.82, 2.24) is 24.3 Å². The standard InChI is InChI=1S/C12H11N5O3S/c1-18-10-5-9(21-16-10)11-13-12(20-15-11)8-4-7-6-19-3-2-17(7)14-8/h4-5H,2-3,6H2,1H3. The maximum Gasteiger partial charge on any atom is 0.278 e. The number of rotatable bonds is 3. The van der Waals surface area contributed by atoms with Crippen LogP contribution in [-0.2, 0) is 17.9 Å². The van der Waals surface area contributed by atoms with Crippen molar-refractivity contribution in [3.05, 3.63) is 17.8 Å². The molecule has 1 aliphatic rings. The van der Waals surface area contributed by atoms with Gasteiger partial charge in [-0.25, -0.2) is 0 Å². The number of fused-ring (bicyclic) bond motifs is 1. The zero-order valence-corrected chi connectivity index (χ0v) is 12.0. The van der Waals surface area contributed by atoms with Crippen molar-refractivity contribution in [2.75, 3.05) is 13.7 Å². The smallest absolute Gasteiger partial charge is 0.278 e. The first-order valence-corrected chi connectivity index (χ1v) is 7.10. The number of ether oxygens (including phenoxy) is 2. The van der Waals surface area contributed by atoms with Crippen LogP contribution in [0.4, 0.5) is 0 Å². The van der Waals surface area contributed by atoms with E-state index in [0.29, 0.717) is 36.5 Å². The van der Waals surface area contributed by atoms with E-state index in [4.69, 9.17) is 14.0 Å². The lowest BCUT2D eigenvalue weighted by atomic mass is 10.3. The van der Waals surface area contributed by atoms with Gasteiger partial charge >= 0.3 is 0 Å². The Kier molecular flexibility index (Phi) is 2.93. The van der Waals surface area contributed by atoms with Crippen LogP contribution < -0.4 is 4.74 Å². The van der Waals surface area contributed by atoms with E-state index in [-0.39, 0.29) is 0 Å². The average Bonchev–Trinajstić information content (AvgIpc) is 3.24. The predicted molar refractivity (Wildman–Crippen MR) is 72.8 cm³/mol. The van der Waals surface area contributed by atoms with Crippen molar-refractivity contribution in [3.8, 4) is 28.2 Å². The van der Waals surface area contributed by atoms with Gasteiger partial charge in [-0.1, -0.05) is 5.16 Å². The Morgan fingerprint density at radius 1 is 1.38 bits per heavy atom. The maximum atomic E-state index is 5.39. The molecule has 0 amide bonds. The van der Waals surface area contributed by atoms with Gasteiger partial charge in [0, 0.05) is 6.07 Å². The molecule has 9 heteroatoms. The van der Waals surface area contributed by atoms with E-state index >= 15 is 0 Å². The molecule has 8 nitrogen and oxygen atoms in total. The van der Waals surface area contributed by atoms with Crippen LogP contribution in [0.5, 0.6) is 5.88 Å². The van der Waals surface area contributed by atoms with Gasteiger partial charge in [-0.05, 0) is 17.6 Å². The van der Waals surface area contributed by atoms with Crippen molar-refractivity contribution in [2.45, 2.75) is 13.2 Å². The van der Waals surface area contributed by atoms with E-state index in [9.17, 15) is 0 Å². The Hall–Kier alpha value is -2.26. The van der Waals surface area contributed by atoms with Gasteiger partial charge in [0.15, 0.2) is 5.69 Å². The minimum absolute atomic E-state index is 0.388. The van der Waals surface area contributed by atoms with Crippen molar-refractivity contribution in [1.29, 1.82) is 0 Å². The molecule has 3 aromatic heterocycles. The van der Waals surface area contributed by atoms with Crippen molar-refractivity contribution in [3.63, 3.8) is 0 Å². The molecule has 0 atom stereocenters. The lowest BCUT2D eigenvalue weighted by Crippen LogP contribution is -2.16. The minimum atomic E-state index is 0.388. The van der Waals surface area contributed by atoms with Gasteiger partial charge in [0.1, 0.15) is 0 Å². The molecule has 21 heavy (non-hydrogen) atoms. The molecule has 0 bridgehead atoms. The molecule has 0 fully saturated rings. The second kappa shape index (κ2) is 4.93. The molecule has 0 spiro atoms. The van der Waals surface area contributed by atoms with E-state index in [0.717, 1.165) is 17.1 Å². The van der Waals surface area contributed by atoms with Crippen LogP contribution in [0.25, 0.3) is 22.3 Å². The Morgan fingerprint density at radius 3 is 3.14 bits per heavy atom. The van der Waals surface area contributed by atoms with E-state index in [1.54, 1.807) is 13.2 Å². The fourth-order valence-corrected chi connectivity index (χ4v) is 2.72. The summed E-state index contributed by atoms with van der Waals surface area (Å²) in [6, 6.07) is 3.68. The third kappa shape index (κ3) is 2.20. The topological polar surface area (TPSA) is 88.1 Å². The van der Waals surface area contributed by atoms with E-state index < -0.39 is 0 Å².